The van der Waals surface area contributed by atoms with Gasteiger partial charge in [-0.3, -0.25) is 0 Å². The second-order valence-electron chi connectivity index (χ2n) is 7.04. The molecular formula is C17H22BBrO2. The summed E-state index contributed by atoms with van der Waals surface area (Å²) in [6.07, 6.45) is 3.19. The van der Waals surface area contributed by atoms with Crippen LogP contribution in [0.1, 0.15) is 45.2 Å². The number of hydrogen-bond donors (Lipinski definition) is 0. The molecule has 3 rings (SSSR count). The summed E-state index contributed by atoms with van der Waals surface area (Å²) in [4.78, 5) is 0. The van der Waals surface area contributed by atoms with Gasteiger partial charge in [0.15, 0.2) is 0 Å². The monoisotopic (exact) mass is 348 g/mol. The van der Waals surface area contributed by atoms with Crippen molar-refractivity contribution in [1.82, 2.24) is 0 Å². The second-order valence-corrected chi connectivity index (χ2v) is 7.96. The molecule has 0 bridgehead atoms. The molecule has 21 heavy (non-hydrogen) atoms. The van der Waals surface area contributed by atoms with Gasteiger partial charge < -0.3 is 9.31 Å². The van der Waals surface area contributed by atoms with Crippen molar-refractivity contribution in [2.45, 2.75) is 58.2 Å². The fourth-order valence-electron chi connectivity index (χ4n) is 2.92. The van der Waals surface area contributed by atoms with E-state index in [1.54, 1.807) is 0 Å². The molecule has 0 N–H and O–H groups in total. The van der Waals surface area contributed by atoms with Gasteiger partial charge in [0, 0.05) is 4.47 Å². The van der Waals surface area contributed by atoms with Gasteiger partial charge in [0.25, 0.3) is 0 Å². The van der Waals surface area contributed by atoms with E-state index in [9.17, 15) is 0 Å². The average molecular weight is 349 g/mol. The molecule has 2 aliphatic rings. The molecule has 1 aliphatic heterocycles. The molecule has 1 fully saturated rings. The molecule has 0 saturated carbocycles. The fraction of sp³-hybridized carbons (Fsp3) is 0.529. The zero-order valence-electron chi connectivity index (χ0n) is 13.2. The van der Waals surface area contributed by atoms with Crippen LogP contribution in [0.3, 0.4) is 0 Å². The standard InChI is InChI=1S/C17H22BBrO2/c1-16(2)17(3,4)21-18(20-16)11-12-5-6-14-10-15(19)8-7-13(14)9-12/h7-8,10-11H,5-6,9H2,1-4H3/b12-11-. The highest BCUT2D eigenvalue weighted by Gasteiger charge is 2.50. The van der Waals surface area contributed by atoms with Gasteiger partial charge >= 0.3 is 7.12 Å². The van der Waals surface area contributed by atoms with Crippen LogP contribution in [0.15, 0.2) is 34.2 Å². The molecule has 112 valence electrons. The number of allylic oxidation sites excluding steroid dienone is 1. The van der Waals surface area contributed by atoms with Crippen molar-refractivity contribution in [2.75, 3.05) is 0 Å². The van der Waals surface area contributed by atoms with Gasteiger partial charge in [-0.1, -0.05) is 33.5 Å². The largest absolute Gasteiger partial charge is 0.487 e. The van der Waals surface area contributed by atoms with Gasteiger partial charge in [-0.2, -0.15) is 0 Å². The first-order valence-electron chi connectivity index (χ1n) is 7.59. The number of benzene rings is 1. The fourth-order valence-corrected chi connectivity index (χ4v) is 3.33. The Hall–Kier alpha value is -0.575. The van der Waals surface area contributed by atoms with Gasteiger partial charge in [-0.15, -0.1) is 0 Å². The van der Waals surface area contributed by atoms with Gasteiger partial charge in [0.05, 0.1) is 11.2 Å². The van der Waals surface area contributed by atoms with E-state index in [1.807, 2.05) is 0 Å². The maximum absolute atomic E-state index is 6.07. The lowest BCUT2D eigenvalue weighted by Gasteiger charge is -2.32. The Morgan fingerprint density at radius 3 is 2.38 bits per heavy atom. The van der Waals surface area contributed by atoms with Crippen molar-refractivity contribution in [3.63, 3.8) is 0 Å². The van der Waals surface area contributed by atoms with Gasteiger partial charge in [0.1, 0.15) is 0 Å². The molecule has 4 heteroatoms. The van der Waals surface area contributed by atoms with Gasteiger partial charge in [0.2, 0.25) is 0 Å². The van der Waals surface area contributed by atoms with E-state index in [0.717, 1.165) is 19.3 Å². The van der Waals surface area contributed by atoms with E-state index in [1.165, 1.54) is 21.2 Å². The molecule has 0 spiro atoms. The average Bonchev–Trinajstić information content (AvgIpc) is 2.57. The number of fused-ring (bicyclic) bond motifs is 1. The van der Waals surface area contributed by atoms with Crippen molar-refractivity contribution in [3.8, 4) is 0 Å². The van der Waals surface area contributed by atoms with Crippen molar-refractivity contribution in [1.29, 1.82) is 0 Å². The minimum atomic E-state index is -0.258. The summed E-state index contributed by atoms with van der Waals surface area (Å²) < 4.78 is 13.3. The SMILES string of the molecule is CC1(C)OB(/C=C2/CCc3cc(Br)ccc3C2)OC1(C)C. The van der Waals surface area contributed by atoms with Crippen LogP contribution < -0.4 is 0 Å². The number of halogens is 1. The first-order valence-corrected chi connectivity index (χ1v) is 8.39. The first-order chi connectivity index (χ1) is 9.77. The molecule has 0 aromatic heterocycles. The number of rotatable bonds is 1. The summed E-state index contributed by atoms with van der Waals surface area (Å²) in [5, 5.41) is 0. The molecule has 1 aliphatic carbocycles. The number of aryl methyl sites for hydroxylation is 1. The van der Waals surface area contributed by atoms with Crippen LogP contribution in [-0.2, 0) is 22.2 Å². The molecule has 1 aromatic rings. The van der Waals surface area contributed by atoms with Crippen molar-refractivity contribution < 1.29 is 9.31 Å². The molecule has 1 heterocycles. The van der Waals surface area contributed by atoms with Crippen molar-refractivity contribution in [3.05, 3.63) is 45.3 Å². The Morgan fingerprint density at radius 2 is 1.71 bits per heavy atom. The second kappa shape index (κ2) is 5.25. The van der Waals surface area contributed by atoms with Crippen LogP contribution in [0.4, 0.5) is 0 Å². The van der Waals surface area contributed by atoms with E-state index in [2.05, 4.69) is 67.8 Å². The summed E-state index contributed by atoms with van der Waals surface area (Å²) in [7, 11) is -0.220. The summed E-state index contributed by atoms with van der Waals surface area (Å²) in [5.41, 5.74) is 3.78. The van der Waals surface area contributed by atoms with Crippen LogP contribution in [0.25, 0.3) is 0 Å². The Labute approximate surface area is 136 Å². The van der Waals surface area contributed by atoms with E-state index in [4.69, 9.17) is 9.31 Å². The maximum atomic E-state index is 6.07. The highest BCUT2D eigenvalue weighted by molar-refractivity contribution is 9.10. The molecule has 2 nitrogen and oxygen atoms in total. The zero-order valence-corrected chi connectivity index (χ0v) is 14.8. The Morgan fingerprint density at radius 1 is 1.05 bits per heavy atom. The van der Waals surface area contributed by atoms with Crippen LogP contribution in [0, 0.1) is 0 Å². The summed E-state index contributed by atoms with van der Waals surface area (Å²) in [5.74, 6) is 2.18. The normalized spacial score (nSPS) is 25.2. The van der Waals surface area contributed by atoms with Crippen molar-refractivity contribution in [2.24, 2.45) is 0 Å². The molecule has 0 amide bonds. The summed E-state index contributed by atoms with van der Waals surface area (Å²) >= 11 is 3.55. The first kappa shape index (κ1) is 15.3. The van der Waals surface area contributed by atoms with E-state index < -0.39 is 0 Å². The quantitative estimate of drug-likeness (QED) is 0.696. The van der Waals surface area contributed by atoms with Gasteiger partial charge in [-0.05, 0) is 70.2 Å². The Kier molecular flexibility index (Phi) is 3.83. The van der Waals surface area contributed by atoms with E-state index in [0.29, 0.717) is 0 Å². The predicted octanol–water partition coefficient (Wildman–Crippen LogP) is 4.50. The summed E-state index contributed by atoms with van der Waals surface area (Å²) in [6.45, 7) is 8.39. The van der Waals surface area contributed by atoms with Gasteiger partial charge in [-0.25, -0.2) is 0 Å². The molecule has 0 atom stereocenters. The molecular weight excluding hydrogens is 327 g/mol. The lowest BCUT2D eigenvalue weighted by atomic mass is 9.80. The lowest BCUT2D eigenvalue weighted by molar-refractivity contribution is 0.00578. The third kappa shape index (κ3) is 2.99. The highest BCUT2D eigenvalue weighted by atomic mass is 79.9. The predicted molar refractivity (Wildman–Crippen MR) is 90.3 cm³/mol. The molecule has 1 aromatic carbocycles. The van der Waals surface area contributed by atoms with Crippen LogP contribution in [-0.4, -0.2) is 18.3 Å². The lowest BCUT2D eigenvalue weighted by Crippen LogP contribution is -2.41. The topological polar surface area (TPSA) is 18.5 Å². The highest BCUT2D eigenvalue weighted by Crippen LogP contribution is 2.38. The maximum Gasteiger partial charge on any atom is 0.487 e. The smallest absolute Gasteiger partial charge is 0.400 e. The van der Waals surface area contributed by atoms with Crippen LogP contribution >= 0.6 is 15.9 Å². The van der Waals surface area contributed by atoms with Crippen LogP contribution in [0.5, 0.6) is 0 Å². The number of hydrogen-bond acceptors (Lipinski definition) is 2. The van der Waals surface area contributed by atoms with E-state index in [-0.39, 0.29) is 18.3 Å². The third-order valence-corrected chi connectivity index (χ3v) is 5.44. The van der Waals surface area contributed by atoms with Crippen LogP contribution in [0.2, 0.25) is 0 Å². The molecule has 0 unspecified atom stereocenters. The molecule has 1 saturated heterocycles. The minimum Gasteiger partial charge on any atom is -0.400 e. The van der Waals surface area contributed by atoms with E-state index >= 15 is 0 Å². The van der Waals surface area contributed by atoms with Crippen molar-refractivity contribution >= 4 is 23.0 Å². The minimum absolute atomic E-state index is 0.220. The summed E-state index contributed by atoms with van der Waals surface area (Å²) in [6, 6.07) is 6.58. The molecule has 0 radical (unpaired) electrons. The zero-order chi connectivity index (χ0) is 15.3. The Balaban J connectivity index is 1.76. The third-order valence-electron chi connectivity index (χ3n) is 4.94. The Bertz CT molecular complexity index is 576.